The first-order valence-corrected chi connectivity index (χ1v) is 12.1. The molecule has 0 unspecified atom stereocenters. The van der Waals surface area contributed by atoms with Gasteiger partial charge in [0.15, 0.2) is 5.82 Å². The SMILES string of the molecule is CC(C)n1c(C23CC(N)(C2)C3)nc2c(F)cc(-c3nc(N[C@@H]4CCOC[C@H]4O)ncc3Cl)cc21. The van der Waals surface area contributed by atoms with E-state index in [1.807, 2.05) is 6.07 Å². The van der Waals surface area contributed by atoms with Gasteiger partial charge in [0.25, 0.3) is 0 Å². The van der Waals surface area contributed by atoms with E-state index >= 15 is 4.39 Å². The van der Waals surface area contributed by atoms with Crippen LogP contribution in [0.25, 0.3) is 22.3 Å². The maximum Gasteiger partial charge on any atom is 0.223 e. The van der Waals surface area contributed by atoms with Crippen LogP contribution in [0.2, 0.25) is 5.02 Å². The van der Waals surface area contributed by atoms with E-state index in [-0.39, 0.29) is 29.6 Å². The van der Waals surface area contributed by atoms with Crippen molar-refractivity contribution in [3.8, 4) is 11.3 Å². The summed E-state index contributed by atoms with van der Waals surface area (Å²) in [4.78, 5) is 13.6. The number of anilines is 1. The second-order valence-electron chi connectivity index (χ2n) is 10.5. The molecule has 10 heteroatoms. The minimum Gasteiger partial charge on any atom is -0.389 e. The van der Waals surface area contributed by atoms with Gasteiger partial charge in [-0.3, -0.25) is 0 Å². The maximum absolute atomic E-state index is 15.4. The van der Waals surface area contributed by atoms with Crippen molar-refractivity contribution in [2.75, 3.05) is 18.5 Å². The molecule has 180 valence electrons. The summed E-state index contributed by atoms with van der Waals surface area (Å²) in [7, 11) is 0. The summed E-state index contributed by atoms with van der Waals surface area (Å²) < 4.78 is 22.8. The van der Waals surface area contributed by atoms with E-state index in [1.165, 1.54) is 12.3 Å². The van der Waals surface area contributed by atoms with Gasteiger partial charge in [0.1, 0.15) is 11.3 Å². The molecule has 3 saturated carbocycles. The quantitative estimate of drug-likeness (QED) is 0.505. The number of benzene rings is 1. The van der Waals surface area contributed by atoms with Crippen molar-refractivity contribution in [2.24, 2.45) is 5.73 Å². The zero-order valence-corrected chi connectivity index (χ0v) is 19.9. The highest BCUT2D eigenvalue weighted by Gasteiger charge is 2.68. The average Bonchev–Trinajstić information content (AvgIpc) is 3.14. The van der Waals surface area contributed by atoms with Crippen molar-refractivity contribution in [1.82, 2.24) is 19.5 Å². The van der Waals surface area contributed by atoms with Gasteiger partial charge in [-0.15, -0.1) is 0 Å². The third kappa shape index (κ3) is 3.32. The van der Waals surface area contributed by atoms with Crippen LogP contribution in [0.5, 0.6) is 0 Å². The Morgan fingerprint density at radius 2 is 2.06 bits per heavy atom. The van der Waals surface area contributed by atoms with E-state index in [2.05, 4.69) is 33.7 Å². The second-order valence-corrected chi connectivity index (χ2v) is 10.9. The molecular weight excluding hydrogens is 459 g/mol. The Morgan fingerprint density at radius 3 is 2.74 bits per heavy atom. The summed E-state index contributed by atoms with van der Waals surface area (Å²) in [5.74, 6) is 0.836. The van der Waals surface area contributed by atoms with Gasteiger partial charge in [-0.25, -0.2) is 19.3 Å². The highest BCUT2D eigenvalue weighted by molar-refractivity contribution is 6.33. The van der Waals surface area contributed by atoms with Crippen LogP contribution in [0.3, 0.4) is 0 Å². The van der Waals surface area contributed by atoms with Crippen LogP contribution < -0.4 is 11.1 Å². The van der Waals surface area contributed by atoms with Gasteiger partial charge in [-0.2, -0.15) is 0 Å². The Labute approximate surface area is 201 Å². The summed E-state index contributed by atoms with van der Waals surface area (Å²) in [6.45, 7) is 4.97. The number of nitrogens with one attached hydrogen (secondary N) is 1. The number of fused-ring (bicyclic) bond motifs is 1. The third-order valence-corrected chi connectivity index (χ3v) is 7.75. The first-order chi connectivity index (χ1) is 16.2. The molecule has 1 aliphatic heterocycles. The Hall–Kier alpha value is -2.33. The van der Waals surface area contributed by atoms with Gasteiger partial charge >= 0.3 is 0 Å². The van der Waals surface area contributed by atoms with Crippen LogP contribution in [0, 0.1) is 5.82 Å². The topological polar surface area (TPSA) is 111 Å². The largest absolute Gasteiger partial charge is 0.389 e. The van der Waals surface area contributed by atoms with Gasteiger partial charge in [-0.05, 0) is 51.7 Å². The maximum atomic E-state index is 15.4. The summed E-state index contributed by atoms with van der Waals surface area (Å²) in [5, 5.41) is 13.7. The number of nitrogens with two attached hydrogens (primary N) is 1. The van der Waals surface area contributed by atoms with Crippen molar-refractivity contribution < 1.29 is 14.2 Å². The van der Waals surface area contributed by atoms with E-state index < -0.39 is 11.9 Å². The summed E-state index contributed by atoms with van der Waals surface area (Å²) in [6.07, 6.45) is 4.16. The molecule has 34 heavy (non-hydrogen) atoms. The number of aromatic nitrogens is 4. The normalized spacial score (nSPS) is 30.3. The molecule has 0 spiro atoms. The summed E-state index contributed by atoms with van der Waals surface area (Å²) in [5.41, 5.74) is 8.24. The highest BCUT2D eigenvalue weighted by Crippen LogP contribution is 2.66. The lowest BCUT2D eigenvalue weighted by Gasteiger charge is -2.68. The summed E-state index contributed by atoms with van der Waals surface area (Å²) >= 11 is 6.46. The van der Waals surface area contributed by atoms with Gasteiger partial charge in [-0.1, -0.05) is 11.6 Å². The Morgan fingerprint density at radius 1 is 1.29 bits per heavy atom. The first kappa shape index (κ1) is 22.2. The molecule has 3 heterocycles. The molecule has 2 atom stereocenters. The van der Waals surface area contributed by atoms with Crippen LogP contribution in [-0.4, -0.2) is 55.5 Å². The van der Waals surface area contributed by atoms with Crippen LogP contribution in [-0.2, 0) is 10.2 Å². The van der Waals surface area contributed by atoms with Crippen molar-refractivity contribution in [1.29, 1.82) is 0 Å². The number of halogens is 2. The van der Waals surface area contributed by atoms with Crippen LogP contribution >= 0.6 is 11.6 Å². The van der Waals surface area contributed by atoms with Gasteiger partial charge in [0.2, 0.25) is 5.95 Å². The molecule has 8 nitrogen and oxygen atoms in total. The number of aliphatic hydroxyl groups is 1. The number of imidazole rings is 1. The third-order valence-electron chi connectivity index (χ3n) is 7.47. The molecule has 1 aromatic carbocycles. The Balaban J connectivity index is 1.41. The zero-order valence-electron chi connectivity index (χ0n) is 19.2. The van der Waals surface area contributed by atoms with Gasteiger partial charge < -0.3 is 25.5 Å². The van der Waals surface area contributed by atoms with E-state index in [0.29, 0.717) is 40.8 Å². The molecule has 3 aromatic rings. The predicted octanol–water partition coefficient (Wildman–Crippen LogP) is 3.56. The lowest BCUT2D eigenvalue weighted by atomic mass is 9.39. The molecule has 0 amide bonds. The monoisotopic (exact) mass is 486 g/mol. The predicted molar refractivity (Wildman–Crippen MR) is 127 cm³/mol. The number of rotatable bonds is 5. The standard InChI is InChI=1S/C24H28ClFN6O2/c1-12(2)32-17-6-13(5-15(26)20(17)30-21(32)23-9-24(27,10-23)11-23)19-14(25)7-28-22(31-19)29-16-3-4-34-8-18(16)33/h5-7,12,16,18,33H,3-4,8-11,27H2,1-2H3,(H,28,29,31)/t16-,18-,23?,24?/m1/s1. The Kier molecular flexibility index (Phi) is 4.94. The fourth-order valence-electron chi connectivity index (χ4n) is 5.99. The molecule has 7 rings (SSSR count). The number of ether oxygens (including phenoxy) is 1. The smallest absolute Gasteiger partial charge is 0.223 e. The number of hydrogen-bond acceptors (Lipinski definition) is 7. The van der Waals surface area contributed by atoms with E-state index in [4.69, 9.17) is 27.1 Å². The van der Waals surface area contributed by atoms with Gasteiger partial charge in [0.05, 0.1) is 41.2 Å². The molecular formula is C24H28ClFN6O2. The van der Waals surface area contributed by atoms with Crippen LogP contribution in [0.1, 0.15) is 51.4 Å². The van der Waals surface area contributed by atoms with Crippen molar-refractivity contribution in [3.63, 3.8) is 0 Å². The minimum atomic E-state index is -0.659. The van der Waals surface area contributed by atoms with E-state index in [0.717, 1.165) is 30.6 Å². The minimum absolute atomic E-state index is 0.0428. The summed E-state index contributed by atoms with van der Waals surface area (Å²) in [6, 6.07) is 3.20. The number of nitrogens with zero attached hydrogens (tertiary/aromatic N) is 4. The van der Waals surface area contributed by atoms with Crippen molar-refractivity contribution in [3.05, 3.63) is 35.0 Å². The van der Waals surface area contributed by atoms with E-state index in [1.54, 1.807) is 0 Å². The van der Waals surface area contributed by atoms with Crippen LogP contribution in [0.15, 0.2) is 18.3 Å². The molecule has 4 fully saturated rings. The van der Waals surface area contributed by atoms with Gasteiger partial charge in [0, 0.05) is 29.2 Å². The molecule has 0 radical (unpaired) electrons. The average molecular weight is 487 g/mol. The molecule has 2 aromatic heterocycles. The number of hydrogen-bond donors (Lipinski definition) is 3. The molecule has 4 N–H and O–H groups in total. The van der Waals surface area contributed by atoms with Crippen molar-refractivity contribution in [2.45, 2.75) is 68.7 Å². The molecule has 3 aliphatic carbocycles. The number of aliphatic hydroxyl groups excluding tert-OH is 1. The zero-order chi connectivity index (χ0) is 23.8. The van der Waals surface area contributed by atoms with E-state index in [9.17, 15) is 5.11 Å². The lowest BCUT2D eigenvalue weighted by Crippen LogP contribution is -2.75. The highest BCUT2D eigenvalue weighted by atomic mass is 35.5. The fourth-order valence-corrected chi connectivity index (χ4v) is 6.19. The molecule has 1 saturated heterocycles. The lowest BCUT2D eigenvalue weighted by molar-refractivity contribution is -0.0676. The Bertz CT molecular complexity index is 1270. The van der Waals surface area contributed by atoms with Crippen LogP contribution in [0.4, 0.5) is 10.3 Å². The fraction of sp³-hybridized carbons (Fsp3) is 0.542. The van der Waals surface area contributed by atoms with Crippen molar-refractivity contribution >= 4 is 28.6 Å². The molecule has 2 bridgehead atoms. The second kappa shape index (κ2) is 7.58. The molecule has 4 aliphatic rings. The first-order valence-electron chi connectivity index (χ1n) is 11.7.